The van der Waals surface area contributed by atoms with E-state index in [1.165, 1.54) is 20.2 Å². The fourth-order valence-corrected chi connectivity index (χ4v) is 3.51. The van der Waals surface area contributed by atoms with E-state index in [-0.39, 0.29) is 19.6 Å². The minimum absolute atomic E-state index is 0.137. The van der Waals surface area contributed by atoms with Crippen molar-refractivity contribution in [3.8, 4) is 0 Å². The van der Waals surface area contributed by atoms with Crippen molar-refractivity contribution in [3.05, 3.63) is 24.2 Å². The smallest absolute Gasteiger partial charge is 0.463 e. The van der Waals surface area contributed by atoms with Crippen LogP contribution >= 0.6 is 0 Å². The Morgan fingerprint density at radius 2 is 2.19 bits per heavy atom. The van der Waals surface area contributed by atoms with Crippen molar-refractivity contribution in [2.45, 2.75) is 50.6 Å². The van der Waals surface area contributed by atoms with Crippen molar-refractivity contribution in [2.75, 3.05) is 26.0 Å². The van der Waals surface area contributed by atoms with Crippen LogP contribution < -0.4 is 5.73 Å². The first kappa shape index (κ1) is 23.4. The predicted octanol–water partition coefficient (Wildman–Crippen LogP) is 0.852. The molecule has 3 rings (SSSR count). The SMILES string of the molecule is CCOC(=O)C(C)(C)OC(=O)OC[C@H]1O[C@@](C=NC)(c2ccc3c(N)ncnn23)C[C@@H]1O. The van der Waals surface area contributed by atoms with Gasteiger partial charge in [-0.2, -0.15) is 5.10 Å². The molecule has 0 unspecified atom stereocenters. The molecule has 3 N–H and O–H groups in total. The fourth-order valence-electron chi connectivity index (χ4n) is 3.51. The Bertz CT molecular complexity index is 1020. The Labute approximate surface area is 184 Å². The summed E-state index contributed by atoms with van der Waals surface area (Å²) in [5, 5.41) is 14.8. The number of rotatable bonds is 7. The van der Waals surface area contributed by atoms with Gasteiger partial charge in [0.1, 0.15) is 30.2 Å². The molecule has 0 aromatic carbocycles. The van der Waals surface area contributed by atoms with Gasteiger partial charge in [0.15, 0.2) is 5.82 Å². The standard InChI is InChI=1S/C20H27N5O7/c1-5-29-17(27)19(2,3)32-18(28)30-9-14-13(26)8-20(31-14,10-22-4)15-7-6-12-16(21)23-11-24-25(12)15/h6-7,10-11,13-14,26H,5,8-9H2,1-4H3,(H2,21,23,24)/t13-,14+,20-/m0/s1. The van der Waals surface area contributed by atoms with Crippen LogP contribution in [0.1, 0.15) is 32.9 Å². The van der Waals surface area contributed by atoms with Gasteiger partial charge in [0.25, 0.3) is 0 Å². The lowest BCUT2D eigenvalue weighted by Gasteiger charge is -2.25. The maximum atomic E-state index is 12.1. The number of aliphatic hydroxyl groups is 1. The summed E-state index contributed by atoms with van der Waals surface area (Å²) in [7, 11) is 1.58. The third-order valence-corrected chi connectivity index (χ3v) is 5.03. The molecule has 0 bridgehead atoms. The van der Waals surface area contributed by atoms with Gasteiger partial charge < -0.3 is 29.8 Å². The Kier molecular flexibility index (Phi) is 6.65. The minimum Gasteiger partial charge on any atom is -0.463 e. The molecular weight excluding hydrogens is 422 g/mol. The molecule has 0 radical (unpaired) electrons. The summed E-state index contributed by atoms with van der Waals surface area (Å²) in [5.41, 5.74) is 4.41. The van der Waals surface area contributed by atoms with E-state index >= 15 is 0 Å². The lowest BCUT2D eigenvalue weighted by Crippen LogP contribution is -2.40. The number of fused-ring (bicyclic) bond motifs is 1. The molecule has 12 heteroatoms. The predicted molar refractivity (Wildman–Crippen MR) is 112 cm³/mol. The normalized spacial score (nSPS) is 23.5. The summed E-state index contributed by atoms with van der Waals surface area (Å²) in [6.07, 6.45) is 0.0559. The zero-order chi connectivity index (χ0) is 23.5. The highest BCUT2D eigenvalue weighted by atomic mass is 16.7. The monoisotopic (exact) mass is 449 g/mol. The average molecular weight is 449 g/mol. The number of carbonyl (C=O) groups excluding carboxylic acids is 2. The van der Waals surface area contributed by atoms with Crippen LogP contribution in [0.5, 0.6) is 0 Å². The number of aromatic nitrogens is 3. The van der Waals surface area contributed by atoms with Crippen LogP contribution in [0.15, 0.2) is 23.5 Å². The largest absolute Gasteiger partial charge is 0.509 e. The number of ether oxygens (including phenoxy) is 4. The van der Waals surface area contributed by atoms with Gasteiger partial charge in [-0.1, -0.05) is 0 Å². The van der Waals surface area contributed by atoms with E-state index in [0.29, 0.717) is 17.0 Å². The van der Waals surface area contributed by atoms with Crippen LogP contribution in [0, 0.1) is 0 Å². The summed E-state index contributed by atoms with van der Waals surface area (Å²) in [5.74, 6) is -0.408. The third-order valence-electron chi connectivity index (χ3n) is 5.03. The summed E-state index contributed by atoms with van der Waals surface area (Å²) < 4.78 is 22.7. The molecular formula is C20H27N5O7. The Morgan fingerprint density at radius 3 is 2.88 bits per heavy atom. The highest BCUT2D eigenvalue weighted by molar-refractivity contribution is 5.81. The number of nitrogen functional groups attached to an aromatic ring is 1. The zero-order valence-corrected chi connectivity index (χ0v) is 18.3. The van der Waals surface area contributed by atoms with Gasteiger partial charge in [0, 0.05) is 19.7 Å². The average Bonchev–Trinajstić information content (AvgIpc) is 3.29. The molecule has 0 spiro atoms. The molecule has 0 amide bonds. The minimum atomic E-state index is -1.52. The van der Waals surface area contributed by atoms with Gasteiger partial charge in [-0.15, -0.1) is 0 Å². The number of nitrogens with zero attached hydrogens (tertiary/aromatic N) is 4. The molecule has 1 aliphatic heterocycles. The van der Waals surface area contributed by atoms with Gasteiger partial charge in [-0.05, 0) is 32.9 Å². The maximum absolute atomic E-state index is 12.1. The van der Waals surface area contributed by atoms with Crippen LogP contribution in [-0.4, -0.2) is 76.1 Å². The molecule has 2 aromatic heterocycles. The first-order valence-electron chi connectivity index (χ1n) is 10.0. The molecule has 0 aliphatic carbocycles. The molecule has 1 saturated heterocycles. The number of nitrogens with two attached hydrogens (primary N) is 1. The summed E-state index contributed by atoms with van der Waals surface area (Å²) in [6, 6.07) is 3.50. The third kappa shape index (κ3) is 4.50. The fraction of sp³-hybridized carbons (Fsp3) is 0.550. The number of carbonyl (C=O) groups is 2. The molecule has 1 aliphatic rings. The van der Waals surface area contributed by atoms with Crippen LogP contribution in [0.25, 0.3) is 5.52 Å². The number of anilines is 1. The van der Waals surface area contributed by atoms with E-state index < -0.39 is 35.5 Å². The number of hydrogen-bond acceptors (Lipinski definition) is 11. The quantitative estimate of drug-likeness (QED) is 0.458. The highest BCUT2D eigenvalue weighted by Crippen LogP contribution is 2.39. The topological polar surface area (TPSA) is 160 Å². The first-order valence-corrected chi connectivity index (χ1v) is 10.0. The van der Waals surface area contributed by atoms with Gasteiger partial charge in [-0.25, -0.2) is 19.1 Å². The van der Waals surface area contributed by atoms with Crippen molar-refractivity contribution in [3.63, 3.8) is 0 Å². The van der Waals surface area contributed by atoms with E-state index in [4.69, 9.17) is 24.7 Å². The number of esters is 1. The Morgan fingerprint density at radius 1 is 1.44 bits per heavy atom. The van der Waals surface area contributed by atoms with Crippen molar-refractivity contribution in [1.29, 1.82) is 0 Å². The highest BCUT2D eigenvalue weighted by Gasteiger charge is 2.48. The molecule has 2 aromatic rings. The van der Waals surface area contributed by atoms with E-state index in [0.717, 1.165) is 0 Å². The second-order valence-electron chi connectivity index (χ2n) is 7.76. The Hall–Kier alpha value is -3.25. The molecule has 12 nitrogen and oxygen atoms in total. The molecule has 1 fully saturated rings. The van der Waals surface area contributed by atoms with E-state index in [9.17, 15) is 14.7 Å². The lowest BCUT2D eigenvalue weighted by molar-refractivity contribution is -0.164. The number of aliphatic imine (C=N–C) groups is 1. The zero-order valence-electron chi connectivity index (χ0n) is 18.3. The maximum Gasteiger partial charge on any atom is 0.509 e. The molecule has 0 saturated carbocycles. The van der Waals surface area contributed by atoms with Crippen molar-refractivity contribution in [1.82, 2.24) is 14.6 Å². The van der Waals surface area contributed by atoms with Crippen LogP contribution in [-0.2, 0) is 29.3 Å². The summed E-state index contributed by atoms with van der Waals surface area (Å²) >= 11 is 0. The number of aliphatic hydroxyl groups excluding tert-OH is 1. The molecule has 3 atom stereocenters. The van der Waals surface area contributed by atoms with Gasteiger partial charge >= 0.3 is 12.1 Å². The molecule has 32 heavy (non-hydrogen) atoms. The number of hydrogen-bond donors (Lipinski definition) is 2. The summed E-state index contributed by atoms with van der Waals surface area (Å²) in [4.78, 5) is 32.0. The van der Waals surface area contributed by atoms with E-state index in [1.54, 1.807) is 36.8 Å². The van der Waals surface area contributed by atoms with Crippen LogP contribution in [0.2, 0.25) is 0 Å². The van der Waals surface area contributed by atoms with Crippen LogP contribution in [0.3, 0.4) is 0 Å². The van der Waals surface area contributed by atoms with Crippen molar-refractivity contribution in [2.24, 2.45) is 4.99 Å². The first-order chi connectivity index (χ1) is 15.1. The second-order valence-corrected chi connectivity index (χ2v) is 7.76. The lowest BCUT2D eigenvalue weighted by atomic mass is 9.95. The second kappa shape index (κ2) is 9.09. The van der Waals surface area contributed by atoms with Crippen molar-refractivity contribution >= 4 is 29.7 Å². The van der Waals surface area contributed by atoms with E-state index in [1.807, 2.05) is 0 Å². The van der Waals surface area contributed by atoms with Crippen LogP contribution in [0.4, 0.5) is 10.6 Å². The summed E-state index contributed by atoms with van der Waals surface area (Å²) in [6.45, 7) is 4.27. The van der Waals surface area contributed by atoms with Gasteiger partial charge in [0.05, 0.1) is 18.4 Å². The van der Waals surface area contributed by atoms with Gasteiger partial charge in [-0.3, -0.25) is 4.99 Å². The van der Waals surface area contributed by atoms with E-state index in [2.05, 4.69) is 15.1 Å². The van der Waals surface area contributed by atoms with Crippen molar-refractivity contribution < 1.29 is 33.6 Å². The van der Waals surface area contributed by atoms with Gasteiger partial charge in [0.2, 0.25) is 5.60 Å². The Balaban J connectivity index is 1.73. The molecule has 3 heterocycles. The molecule has 174 valence electrons.